The lowest BCUT2D eigenvalue weighted by molar-refractivity contribution is -0.274. The molecule has 0 aromatic heterocycles. The number of nitrogens with zero attached hydrogens (tertiary/aromatic N) is 1. The Morgan fingerprint density at radius 2 is 2.15 bits per heavy atom. The zero-order valence-electron chi connectivity index (χ0n) is 14.1. The van der Waals surface area contributed by atoms with Gasteiger partial charge in [0.15, 0.2) is 0 Å². The Kier molecular flexibility index (Phi) is 6.90. The molecule has 1 aromatic carbocycles. The van der Waals surface area contributed by atoms with E-state index in [0.29, 0.717) is 26.1 Å². The number of anilines is 1. The van der Waals surface area contributed by atoms with Gasteiger partial charge in [-0.25, -0.2) is 0 Å². The molecule has 11 heteroatoms. The summed E-state index contributed by atoms with van der Waals surface area (Å²) in [5.41, 5.74) is 0.282. The zero-order valence-corrected chi connectivity index (χ0v) is 14.9. The van der Waals surface area contributed by atoms with Crippen molar-refractivity contribution in [1.82, 2.24) is 10.6 Å². The molecule has 2 fully saturated rings. The molecule has 1 aromatic rings. The summed E-state index contributed by atoms with van der Waals surface area (Å²) < 4.78 is 46.2. The molecule has 27 heavy (non-hydrogen) atoms. The molecule has 2 amide bonds. The summed E-state index contributed by atoms with van der Waals surface area (Å²) in [7, 11) is 0. The van der Waals surface area contributed by atoms with Crippen LogP contribution in [0, 0.1) is 0 Å². The molecule has 2 unspecified atom stereocenters. The Morgan fingerprint density at radius 1 is 1.37 bits per heavy atom. The second-order valence-electron chi connectivity index (χ2n) is 5.95. The molecule has 2 aliphatic rings. The van der Waals surface area contributed by atoms with Gasteiger partial charge >= 0.3 is 6.36 Å². The van der Waals surface area contributed by atoms with E-state index in [2.05, 4.69) is 15.4 Å². The van der Waals surface area contributed by atoms with Gasteiger partial charge in [0.05, 0.1) is 6.61 Å². The van der Waals surface area contributed by atoms with Crippen molar-refractivity contribution in [1.29, 1.82) is 0 Å². The van der Waals surface area contributed by atoms with Crippen LogP contribution in [0.15, 0.2) is 24.3 Å². The Bertz CT molecular complexity index is 683. The largest absolute Gasteiger partial charge is 0.573 e. The van der Waals surface area contributed by atoms with Crippen molar-refractivity contribution in [3.63, 3.8) is 0 Å². The molecule has 0 aliphatic carbocycles. The van der Waals surface area contributed by atoms with Crippen LogP contribution in [0.3, 0.4) is 0 Å². The lowest BCUT2D eigenvalue weighted by Gasteiger charge is -2.24. The summed E-state index contributed by atoms with van der Waals surface area (Å²) >= 11 is 0. The maximum absolute atomic E-state index is 12.5. The number of carbonyl (C=O) groups is 2. The predicted octanol–water partition coefficient (Wildman–Crippen LogP) is 1.22. The predicted molar refractivity (Wildman–Crippen MR) is 91.9 cm³/mol. The lowest BCUT2D eigenvalue weighted by Crippen LogP contribution is -2.51. The minimum Gasteiger partial charge on any atom is -0.406 e. The number of rotatable bonds is 4. The molecule has 0 bridgehead atoms. The smallest absolute Gasteiger partial charge is 0.406 e. The number of carbonyl (C=O) groups excluding carboxylic acids is 2. The van der Waals surface area contributed by atoms with Crippen molar-refractivity contribution in [3.05, 3.63) is 24.3 Å². The summed E-state index contributed by atoms with van der Waals surface area (Å²) in [5, 5.41) is 5.67. The van der Waals surface area contributed by atoms with Gasteiger partial charge in [-0.1, -0.05) is 6.07 Å². The molecule has 2 aliphatic heterocycles. The monoisotopic (exact) mass is 409 g/mol. The van der Waals surface area contributed by atoms with Crippen LogP contribution >= 0.6 is 12.4 Å². The first kappa shape index (κ1) is 21.3. The summed E-state index contributed by atoms with van der Waals surface area (Å²) in [6.45, 7) is 1.72. The third-order valence-electron chi connectivity index (χ3n) is 4.10. The highest BCUT2D eigenvalue weighted by atomic mass is 35.5. The van der Waals surface area contributed by atoms with Crippen LogP contribution in [0.4, 0.5) is 18.9 Å². The zero-order chi connectivity index (χ0) is 18.7. The van der Waals surface area contributed by atoms with Crippen LogP contribution in [0.25, 0.3) is 0 Å². The lowest BCUT2D eigenvalue weighted by atomic mass is 10.2. The molecule has 7 nitrogen and oxygen atoms in total. The van der Waals surface area contributed by atoms with Crippen molar-refractivity contribution >= 4 is 29.9 Å². The Labute approximate surface area is 159 Å². The van der Waals surface area contributed by atoms with E-state index in [-0.39, 0.29) is 36.5 Å². The van der Waals surface area contributed by atoms with Crippen LogP contribution in [-0.4, -0.2) is 56.6 Å². The highest BCUT2D eigenvalue weighted by molar-refractivity contribution is 6.01. The van der Waals surface area contributed by atoms with Crippen LogP contribution in [0.5, 0.6) is 5.75 Å². The van der Waals surface area contributed by atoms with Gasteiger partial charge in [-0.05, 0) is 18.6 Å². The number of benzene rings is 1. The van der Waals surface area contributed by atoms with Crippen LogP contribution in [0.1, 0.15) is 6.42 Å². The third-order valence-corrected chi connectivity index (χ3v) is 4.10. The summed E-state index contributed by atoms with van der Waals surface area (Å²) in [5.74, 6) is -1.17. The fraction of sp³-hybridized carbons (Fsp3) is 0.500. The van der Waals surface area contributed by atoms with E-state index in [0.717, 1.165) is 12.1 Å². The number of alkyl halides is 3. The van der Waals surface area contributed by atoms with Crippen molar-refractivity contribution in [2.75, 3.05) is 31.1 Å². The molecular formula is C16H19ClF3N3O4. The Morgan fingerprint density at radius 3 is 2.81 bits per heavy atom. The molecule has 0 radical (unpaired) electrons. The first-order valence-corrected chi connectivity index (χ1v) is 8.13. The maximum atomic E-state index is 12.5. The maximum Gasteiger partial charge on any atom is 0.573 e. The number of nitrogens with one attached hydrogen (secondary N) is 2. The summed E-state index contributed by atoms with van der Waals surface area (Å²) in [6, 6.07) is 4.45. The standard InChI is InChI=1S/C16H18F3N3O4.ClH/c17-16(18,19)26-11-3-1-2-10(8-11)22-6-4-12(15(22)24)21-14(23)13-9-20-5-7-25-13;/h1-3,8,12-13,20H,4-7,9H2,(H,21,23);1H. The third kappa shape index (κ3) is 5.47. The average molecular weight is 410 g/mol. The van der Waals surface area contributed by atoms with E-state index in [1.807, 2.05) is 0 Å². The second-order valence-corrected chi connectivity index (χ2v) is 5.95. The van der Waals surface area contributed by atoms with Gasteiger partial charge in [-0.2, -0.15) is 0 Å². The van der Waals surface area contributed by atoms with Crippen LogP contribution in [-0.2, 0) is 14.3 Å². The van der Waals surface area contributed by atoms with Crippen LogP contribution < -0.4 is 20.3 Å². The van der Waals surface area contributed by atoms with E-state index in [9.17, 15) is 22.8 Å². The molecule has 0 saturated carbocycles. The molecule has 2 saturated heterocycles. The first-order chi connectivity index (χ1) is 12.3. The van der Waals surface area contributed by atoms with Crippen molar-refractivity contribution in [2.24, 2.45) is 0 Å². The number of hydrogen-bond acceptors (Lipinski definition) is 5. The van der Waals surface area contributed by atoms with E-state index in [4.69, 9.17) is 4.74 Å². The van der Waals surface area contributed by atoms with E-state index >= 15 is 0 Å². The SMILES string of the molecule is Cl.O=C(NC1CCN(c2cccc(OC(F)(F)F)c2)C1=O)C1CNCCO1. The number of morpholine rings is 1. The average Bonchev–Trinajstić information content (AvgIpc) is 2.95. The van der Waals surface area contributed by atoms with Crippen molar-refractivity contribution < 1.29 is 32.2 Å². The normalized spacial score (nSPS) is 22.9. The number of amides is 2. The molecular weight excluding hydrogens is 391 g/mol. The number of halogens is 4. The number of ether oxygens (including phenoxy) is 2. The van der Waals surface area contributed by atoms with Gasteiger partial charge in [0, 0.05) is 31.4 Å². The van der Waals surface area contributed by atoms with E-state index < -0.39 is 24.3 Å². The molecule has 150 valence electrons. The van der Waals surface area contributed by atoms with Gasteiger partial charge in [-0.3, -0.25) is 9.59 Å². The van der Waals surface area contributed by atoms with Gasteiger partial charge in [0.25, 0.3) is 5.91 Å². The Balaban J connectivity index is 0.00000261. The highest BCUT2D eigenvalue weighted by Gasteiger charge is 2.36. The minimum atomic E-state index is -4.81. The van der Waals surface area contributed by atoms with E-state index in [1.54, 1.807) is 0 Å². The first-order valence-electron chi connectivity index (χ1n) is 8.13. The van der Waals surface area contributed by atoms with Gasteiger partial charge in [0.1, 0.15) is 17.9 Å². The molecule has 2 atom stereocenters. The molecule has 3 rings (SSSR count). The molecule has 0 spiro atoms. The highest BCUT2D eigenvalue weighted by Crippen LogP contribution is 2.29. The topological polar surface area (TPSA) is 79.9 Å². The second kappa shape index (κ2) is 8.77. The quantitative estimate of drug-likeness (QED) is 0.781. The fourth-order valence-electron chi connectivity index (χ4n) is 2.92. The van der Waals surface area contributed by atoms with Crippen LogP contribution in [0.2, 0.25) is 0 Å². The Hall–Kier alpha value is -2.04. The molecule has 2 N–H and O–H groups in total. The fourth-order valence-corrected chi connectivity index (χ4v) is 2.92. The molecule has 2 heterocycles. The summed E-state index contributed by atoms with van der Waals surface area (Å²) in [4.78, 5) is 26.0. The minimum absolute atomic E-state index is 0. The van der Waals surface area contributed by atoms with Gasteiger partial charge in [0.2, 0.25) is 5.91 Å². The van der Waals surface area contributed by atoms with E-state index in [1.165, 1.54) is 17.0 Å². The van der Waals surface area contributed by atoms with Gasteiger partial charge in [-0.15, -0.1) is 25.6 Å². The van der Waals surface area contributed by atoms with Gasteiger partial charge < -0.3 is 25.0 Å². The van der Waals surface area contributed by atoms with Crippen molar-refractivity contribution in [2.45, 2.75) is 24.9 Å². The summed E-state index contributed by atoms with van der Waals surface area (Å²) in [6.07, 6.45) is -5.11. The van der Waals surface area contributed by atoms with Crippen molar-refractivity contribution in [3.8, 4) is 5.75 Å². The number of hydrogen-bond donors (Lipinski definition) is 2.